The third-order valence-electron chi connectivity index (χ3n) is 3.63. The zero-order valence-corrected chi connectivity index (χ0v) is 13.4. The smallest absolute Gasteiger partial charge is 0.259 e. The van der Waals surface area contributed by atoms with E-state index in [0.29, 0.717) is 17.1 Å². The van der Waals surface area contributed by atoms with Gasteiger partial charge in [0.15, 0.2) is 11.5 Å². The third-order valence-corrected chi connectivity index (χ3v) is 3.63. The van der Waals surface area contributed by atoms with Gasteiger partial charge in [-0.3, -0.25) is 9.36 Å². The molecule has 0 fully saturated rings. The van der Waals surface area contributed by atoms with E-state index < -0.39 is 0 Å². The highest BCUT2D eigenvalue weighted by molar-refractivity contribution is 5.50. The Balaban J connectivity index is 2.72. The van der Waals surface area contributed by atoms with Crippen LogP contribution < -0.4 is 20.8 Å². The second kappa shape index (κ2) is 6.66. The molecule has 2 rings (SSSR count). The van der Waals surface area contributed by atoms with Crippen molar-refractivity contribution < 1.29 is 9.47 Å². The number of benzene rings is 1. The quantitative estimate of drug-likeness (QED) is 0.921. The molecule has 0 aliphatic carbocycles. The van der Waals surface area contributed by atoms with E-state index in [1.54, 1.807) is 37.0 Å². The van der Waals surface area contributed by atoms with Crippen molar-refractivity contribution in [2.45, 2.75) is 26.3 Å². The minimum atomic E-state index is -0.0964. The summed E-state index contributed by atoms with van der Waals surface area (Å²) in [5, 5.41) is 0. The van der Waals surface area contributed by atoms with Gasteiger partial charge in [-0.05, 0) is 24.1 Å². The first kappa shape index (κ1) is 16.1. The summed E-state index contributed by atoms with van der Waals surface area (Å²) >= 11 is 0. The summed E-state index contributed by atoms with van der Waals surface area (Å²) in [7, 11) is 3.16. The minimum absolute atomic E-state index is 0.0964. The zero-order valence-electron chi connectivity index (χ0n) is 13.4. The normalized spacial score (nSPS) is 10.8. The summed E-state index contributed by atoms with van der Waals surface area (Å²) in [4.78, 5) is 12.7. The topological polar surface area (TPSA) is 66.5 Å². The average Bonchev–Trinajstić information content (AvgIpc) is 2.53. The number of aromatic nitrogens is 1. The number of ether oxygens (including phenoxy) is 2. The lowest BCUT2D eigenvalue weighted by atomic mass is 10.1. The Labute approximate surface area is 130 Å². The standard InChI is InChI=1S/C17H22N2O3/c1-11(2)14-7-5-12(10-18)17(20)19(14)13-6-8-15(21-3)16(9-13)22-4/h5-9,11H,10,18H2,1-4H3. The maximum atomic E-state index is 12.7. The van der Waals surface area contributed by atoms with E-state index in [9.17, 15) is 4.79 Å². The van der Waals surface area contributed by atoms with Gasteiger partial charge in [-0.25, -0.2) is 0 Å². The van der Waals surface area contributed by atoms with Crippen molar-refractivity contribution in [1.82, 2.24) is 4.57 Å². The van der Waals surface area contributed by atoms with Gasteiger partial charge < -0.3 is 15.2 Å². The molecule has 0 bridgehead atoms. The summed E-state index contributed by atoms with van der Waals surface area (Å²) in [5.41, 5.74) is 7.82. The molecule has 1 heterocycles. The summed E-state index contributed by atoms with van der Waals surface area (Å²) in [5.74, 6) is 1.41. The molecular formula is C17H22N2O3. The Morgan fingerprint density at radius 1 is 1.09 bits per heavy atom. The molecule has 2 N–H and O–H groups in total. The Morgan fingerprint density at radius 3 is 2.32 bits per heavy atom. The second-order valence-electron chi connectivity index (χ2n) is 5.32. The number of hydrogen-bond donors (Lipinski definition) is 1. The van der Waals surface area contributed by atoms with Gasteiger partial charge in [0.1, 0.15) is 0 Å². The van der Waals surface area contributed by atoms with Gasteiger partial charge >= 0.3 is 0 Å². The summed E-state index contributed by atoms with van der Waals surface area (Å²) in [6, 6.07) is 9.18. The Kier molecular flexibility index (Phi) is 4.88. The lowest BCUT2D eigenvalue weighted by Gasteiger charge is -2.18. The first-order valence-electron chi connectivity index (χ1n) is 7.20. The number of nitrogens with two attached hydrogens (primary N) is 1. The Bertz CT molecular complexity index is 720. The second-order valence-corrected chi connectivity index (χ2v) is 5.32. The number of rotatable bonds is 5. The first-order valence-corrected chi connectivity index (χ1v) is 7.20. The van der Waals surface area contributed by atoms with E-state index in [1.165, 1.54) is 0 Å². The number of methoxy groups -OCH3 is 2. The average molecular weight is 302 g/mol. The molecule has 118 valence electrons. The number of hydrogen-bond acceptors (Lipinski definition) is 4. The van der Waals surface area contributed by atoms with Crippen LogP contribution in [0.5, 0.6) is 11.5 Å². The van der Waals surface area contributed by atoms with Crippen molar-refractivity contribution in [3.05, 3.63) is 51.9 Å². The van der Waals surface area contributed by atoms with E-state index in [0.717, 1.165) is 11.4 Å². The molecule has 0 aliphatic heterocycles. The predicted octanol–water partition coefficient (Wildman–Crippen LogP) is 2.44. The molecule has 0 aliphatic rings. The summed E-state index contributed by atoms with van der Waals surface area (Å²) in [6.45, 7) is 4.31. The highest BCUT2D eigenvalue weighted by atomic mass is 16.5. The predicted molar refractivity (Wildman–Crippen MR) is 87.1 cm³/mol. The van der Waals surface area contributed by atoms with Gasteiger partial charge in [0.2, 0.25) is 0 Å². The van der Waals surface area contributed by atoms with Gasteiger partial charge in [0, 0.05) is 23.9 Å². The maximum Gasteiger partial charge on any atom is 0.259 e. The number of nitrogens with zero attached hydrogens (tertiary/aromatic N) is 1. The fraction of sp³-hybridized carbons (Fsp3) is 0.353. The largest absolute Gasteiger partial charge is 0.493 e. The van der Waals surface area contributed by atoms with Crippen molar-refractivity contribution in [3.63, 3.8) is 0 Å². The fourth-order valence-electron chi connectivity index (χ4n) is 2.43. The summed E-state index contributed by atoms with van der Waals surface area (Å²) in [6.07, 6.45) is 0. The molecule has 0 atom stereocenters. The highest BCUT2D eigenvalue weighted by Gasteiger charge is 2.14. The van der Waals surface area contributed by atoms with Crippen LogP contribution in [0.15, 0.2) is 35.1 Å². The van der Waals surface area contributed by atoms with Crippen LogP contribution in [0.3, 0.4) is 0 Å². The van der Waals surface area contributed by atoms with Crippen molar-refractivity contribution in [2.24, 2.45) is 5.73 Å². The lowest BCUT2D eigenvalue weighted by molar-refractivity contribution is 0.355. The molecule has 2 aromatic rings. The van der Waals surface area contributed by atoms with E-state index in [2.05, 4.69) is 0 Å². The van der Waals surface area contributed by atoms with Crippen LogP contribution in [-0.4, -0.2) is 18.8 Å². The van der Waals surface area contributed by atoms with Crippen LogP contribution in [0.2, 0.25) is 0 Å². The monoisotopic (exact) mass is 302 g/mol. The molecule has 0 unspecified atom stereocenters. The molecule has 5 nitrogen and oxygen atoms in total. The molecule has 1 aromatic carbocycles. The van der Waals surface area contributed by atoms with Crippen molar-refractivity contribution >= 4 is 0 Å². The Morgan fingerprint density at radius 2 is 1.77 bits per heavy atom. The SMILES string of the molecule is COc1ccc(-n2c(C(C)C)ccc(CN)c2=O)cc1OC. The van der Waals surface area contributed by atoms with Crippen molar-refractivity contribution in [1.29, 1.82) is 0 Å². The molecule has 0 amide bonds. The highest BCUT2D eigenvalue weighted by Crippen LogP contribution is 2.30. The number of pyridine rings is 1. The maximum absolute atomic E-state index is 12.7. The lowest BCUT2D eigenvalue weighted by Crippen LogP contribution is -2.27. The molecule has 0 saturated carbocycles. The van der Waals surface area contributed by atoms with Gasteiger partial charge in [0.25, 0.3) is 5.56 Å². The molecule has 1 aromatic heterocycles. The molecule has 5 heteroatoms. The summed E-state index contributed by atoms with van der Waals surface area (Å²) < 4.78 is 12.3. The van der Waals surface area contributed by atoms with Crippen LogP contribution in [0.25, 0.3) is 5.69 Å². The van der Waals surface area contributed by atoms with Gasteiger partial charge in [-0.15, -0.1) is 0 Å². The zero-order chi connectivity index (χ0) is 16.3. The Hall–Kier alpha value is -2.27. The van der Waals surface area contributed by atoms with E-state index in [1.807, 2.05) is 26.0 Å². The first-order chi connectivity index (χ1) is 10.5. The van der Waals surface area contributed by atoms with Crippen molar-refractivity contribution in [2.75, 3.05) is 14.2 Å². The molecule has 22 heavy (non-hydrogen) atoms. The van der Waals surface area contributed by atoms with Crippen LogP contribution in [0, 0.1) is 0 Å². The minimum Gasteiger partial charge on any atom is -0.493 e. The van der Waals surface area contributed by atoms with Gasteiger partial charge in [-0.2, -0.15) is 0 Å². The van der Waals surface area contributed by atoms with E-state index in [4.69, 9.17) is 15.2 Å². The van der Waals surface area contributed by atoms with Crippen LogP contribution in [-0.2, 0) is 6.54 Å². The van der Waals surface area contributed by atoms with Gasteiger partial charge in [0.05, 0.1) is 19.9 Å². The van der Waals surface area contributed by atoms with E-state index in [-0.39, 0.29) is 18.0 Å². The van der Waals surface area contributed by atoms with Gasteiger partial charge in [-0.1, -0.05) is 19.9 Å². The molecule has 0 radical (unpaired) electrons. The van der Waals surface area contributed by atoms with Crippen LogP contribution in [0.1, 0.15) is 31.0 Å². The molecular weight excluding hydrogens is 280 g/mol. The molecule has 0 spiro atoms. The van der Waals surface area contributed by atoms with Crippen molar-refractivity contribution in [3.8, 4) is 17.2 Å². The third kappa shape index (κ3) is 2.85. The van der Waals surface area contributed by atoms with Crippen LogP contribution >= 0.6 is 0 Å². The van der Waals surface area contributed by atoms with Crippen LogP contribution in [0.4, 0.5) is 0 Å². The molecule has 0 saturated heterocycles. The fourth-order valence-corrected chi connectivity index (χ4v) is 2.43. The van der Waals surface area contributed by atoms with E-state index >= 15 is 0 Å².